The van der Waals surface area contributed by atoms with Gasteiger partial charge in [0.15, 0.2) is 0 Å². The summed E-state index contributed by atoms with van der Waals surface area (Å²) in [4.78, 5) is 11.9. The number of rotatable bonds is 4. The van der Waals surface area contributed by atoms with Crippen molar-refractivity contribution in [2.24, 2.45) is 0 Å². The van der Waals surface area contributed by atoms with E-state index in [4.69, 9.17) is 9.47 Å². The number of nitrogens with zero attached hydrogens (tertiary/aromatic N) is 2. The lowest BCUT2D eigenvalue weighted by atomic mass is 10.2. The Balaban J connectivity index is 1.60. The van der Waals surface area contributed by atoms with Crippen molar-refractivity contribution in [2.75, 3.05) is 11.9 Å². The number of hydrogen-bond donors (Lipinski definition) is 1. The molecule has 0 spiro atoms. The summed E-state index contributed by atoms with van der Waals surface area (Å²) in [5.41, 5.74) is 1.54. The summed E-state index contributed by atoms with van der Waals surface area (Å²) < 4.78 is 10.9. The molecule has 0 bridgehead atoms. The quantitative estimate of drug-likeness (QED) is 0.939. The highest BCUT2D eigenvalue weighted by molar-refractivity contribution is 5.94. The molecule has 114 valence electrons. The third kappa shape index (κ3) is 3.59. The molecule has 0 aliphatic carbocycles. The number of anilines is 1. The second-order valence-electron chi connectivity index (χ2n) is 5.13. The normalized spacial score (nSPS) is 17.2. The topological polar surface area (TPSA) is 73.3 Å². The zero-order valence-electron chi connectivity index (χ0n) is 12.3. The minimum absolute atomic E-state index is 0.101. The van der Waals surface area contributed by atoms with Gasteiger partial charge < -0.3 is 14.8 Å². The first-order valence-corrected chi connectivity index (χ1v) is 7.21. The van der Waals surface area contributed by atoms with Gasteiger partial charge in [-0.3, -0.25) is 4.79 Å². The molecule has 2 heterocycles. The number of hydrogen-bond acceptors (Lipinski definition) is 5. The number of nitrogens with one attached hydrogen (secondary N) is 1. The fourth-order valence-corrected chi connectivity index (χ4v) is 2.18. The summed E-state index contributed by atoms with van der Waals surface area (Å²) in [5.74, 6) is 0.963. The Morgan fingerprint density at radius 2 is 2.05 bits per heavy atom. The number of carbonyl (C=O) groups is 1. The zero-order chi connectivity index (χ0) is 15.4. The molecule has 0 radical (unpaired) electrons. The van der Waals surface area contributed by atoms with E-state index in [9.17, 15) is 4.79 Å². The van der Waals surface area contributed by atoms with Crippen molar-refractivity contribution < 1.29 is 14.3 Å². The van der Waals surface area contributed by atoms with E-state index in [0.717, 1.165) is 18.5 Å². The maximum atomic E-state index is 11.9. The van der Waals surface area contributed by atoms with Crippen LogP contribution in [0.5, 0.6) is 11.6 Å². The lowest BCUT2D eigenvalue weighted by molar-refractivity contribution is -0.124. The predicted molar refractivity (Wildman–Crippen MR) is 80.9 cm³/mol. The summed E-state index contributed by atoms with van der Waals surface area (Å²) in [6.07, 6.45) is 1.38. The zero-order valence-corrected chi connectivity index (χ0v) is 12.3. The lowest BCUT2D eigenvalue weighted by Crippen LogP contribution is -2.26. The highest BCUT2D eigenvalue weighted by Gasteiger charge is 2.23. The van der Waals surface area contributed by atoms with E-state index in [2.05, 4.69) is 15.5 Å². The molecule has 1 saturated heterocycles. The van der Waals surface area contributed by atoms with Gasteiger partial charge in [0.2, 0.25) is 5.88 Å². The Bertz CT molecular complexity index is 635. The van der Waals surface area contributed by atoms with Crippen molar-refractivity contribution in [3.05, 3.63) is 42.1 Å². The van der Waals surface area contributed by atoms with Crippen molar-refractivity contribution in [1.82, 2.24) is 10.2 Å². The van der Waals surface area contributed by atoms with Crippen LogP contribution < -0.4 is 10.1 Å². The highest BCUT2D eigenvalue weighted by Crippen LogP contribution is 2.22. The maximum Gasteiger partial charge on any atom is 0.253 e. The molecule has 6 nitrogen and oxygen atoms in total. The van der Waals surface area contributed by atoms with E-state index in [-0.39, 0.29) is 12.0 Å². The van der Waals surface area contributed by atoms with Crippen LogP contribution in [0.4, 0.5) is 5.69 Å². The van der Waals surface area contributed by atoms with Crippen LogP contribution in [-0.2, 0) is 9.53 Å². The van der Waals surface area contributed by atoms with Gasteiger partial charge in [-0.15, -0.1) is 5.10 Å². The minimum atomic E-state index is -0.334. The van der Waals surface area contributed by atoms with Crippen LogP contribution in [0.2, 0.25) is 0 Å². The van der Waals surface area contributed by atoms with Crippen LogP contribution in [0.25, 0.3) is 0 Å². The average Bonchev–Trinajstić information content (AvgIpc) is 3.06. The molecule has 3 rings (SSSR count). The summed E-state index contributed by atoms with van der Waals surface area (Å²) >= 11 is 0. The molecule has 2 aromatic rings. The summed E-state index contributed by atoms with van der Waals surface area (Å²) in [5, 5.41) is 10.7. The molecule has 22 heavy (non-hydrogen) atoms. The number of aryl methyl sites for hydroxylation is 1. The molecular weight excluding hydrogens is 282 g/mol. The standard InChI is InChI=1S/C16H17N3O3/c1-11-4-9-15(19-18-11)22-13-7-5-12(6-8-13)17-16(20)14-3-2-10-21-14/h4-9,14H,2-3,10H2,1H3,(H,17,20)/t14-/m1/s1. The first-order chi connectivity index (χ1) is 10.7. The molecule has 1 aliphatic rings. The molecule has 1 atom stereocenters. The van der Waals surface area contributed by atoms with E-state index in [1.54, 1.807) is 30.3 Å². The molecule has 0 saturated carbocycles. The van der Waals surface area contributed by atoms with Crippen molar-refractivity contribution in [2.45, 2.75) is 25.9 Å². The second-order valence-corrected chi connectivity index (χ2v) is 5.13. The van der Waals surface area contributed by atoms with Crippen LogP contribution in [0, 0.1) is 6.92 Å². The number of aromatic nitrogens is 2. The Hall–Kier alpha value is -2.47. The minimum Gasteiger partial charge on any atom is -0.438 e. The van der Waals surface area contributed by atoms with Crippen LogP contribution in [0.15, 0.2) is 36.4 Å². The van der Waals surface area contributed by atoms with Crippen molar-refractivity contribution >= 4 is 11.6 Å². The molecule has 1 aromatic carbocycles. The first kappa shape index (κ1) is 14.5. The maximum absolute atomic E-state index is 11.9. The van der Waals surface area contributed by atoms with Gasteiger partial charge in [0.05, 0.1) is 5.69 Å². The van der Waals surface area contributed by atoms with Crippen LogP contribution in [0.3, 0.4) is 0 Å². The van der Waals surface area contributed by atoms with E-state index in [1.165, 1.54) is 0 Å². The molecular formula is C16H17N3O3. The monoisotopic (exact) mass is 299 g/mol. The fraction of sp³-hybridized carbons (Fsp3) is 0.312. The number of amides is 1. The van der Waals surface area contributed by atoms with E-state index in [1.807, 2.05) is 13.0 Å². The summed E-state index contributed by atoms with van der Waals surface area (Å²) in [6, 6.07) is 10.7. The Labute approximate surface area is 128 Å². The van der Waals surface area contributed by atoms with Crippen molar-refractivity contribution in [3.8, 4) is 11.6 Å². The van der Waals surface area contributed by atoms with Gasteiger partial charge in [0.25, 0.3) is 5.91 Å². The van der Waals surface area contributed by atoms with Gasteiger partial charge in [-0.25, -0.2) is 0 Å². The highest BCUT2D eigenvalue weighted by atomic mass is 16.5. The Morgan fingerprint density at radius 1 is 1.23 bits per heavy atom. The molecule has 0 unspecified atom stereocenters. The predicted octanol–water partition coefficient (Wildman–Crippen LogP) is 2.69. The third-order valence-electron chi connectivity index (χ3n) is 3.34. The molecule has 1 N–H and O–H groups in total. The molecule has 1 aromatic heterocycles. The number of carbonyl (C=O) groups excluding carboxylic acids is 1. The van der Waals surface area contributed by atoms with Gasteiger partial charge >= 0.3 is 0 Å². The van der Waals surface area contributed by atoms with Crippen LogP contribution in [0.1, 0.15) is 18.5 Å². The number of benzene rings is 1. The SMILES string of the molecule is Cc1ccc(Oc2ccc(NC(=O)[C@H]3CCCO3)cc2)nn1. The Kier molecular flexibility index (Phi) is 4.29. The smallest absolute Gasteiger partial charge is 0.253 e. The summed E-state index contributed by atoms with van der Waals surface area (Å²) in [6.45, 7) is 2.52. The van der Waals surface area contributed by atoms with Crippen LogP contribution in [-0.4, -0.2) is 28.8 Å². The van der Waals surface area contributed by atoms with Crippen molar-refractivity contribution in [3.63, 3.8) is 0 Å². The van der Waals surface area contributed by atoms with Gasteiger partial charge in [-0.2, -0.15) is 5.10 Å². The molecule has 1 amide bonds. The molecule has 6 heteroatoms. The fourth-order valence-electron chi connectivity index (χ4n) is 2.18. The van der Waals surface area contributed by atoms with Gasteiger partial charge in [-0.1, -0.05) is 0 Å². The molecule has 1 fully saturated rings. The average molecular weight is 299 g/mol. The third-order valence-corrected chi connectivity index (χ3v) is 3.34. The van der Waals surface area contributed by atoms with E-state index >= 15 is 0 Å². The van der Waals surface area contributed by atoms with E-state index in [0.29, 0.717) is 23.9 Å². The second kappa shape index (κ2) is 6.53. The van der Waals surface area contributed by atoms with Crippen molar-refractivity contribution in [1.29, 1.82) is 0 Å². The van der Waals surface area contributed by atoms with Gasteiger partial charge in [0, 0.05) is 18.4 Å². The largest absolute Gasteiger partial charge is 0.438 e. The lowest BCUT2D eigenvalue weighted by Gasteiger charge is -2.11. The number of ether oxygens (including phenoxy) is 2. The first-order valence-electron chi connectivity index (χ1n) is 7.21. The Morgan fingerprint density at radius 3 is 2.68 bits per heavy atom. The van der Waals surface area contributed by atoms with Gasteiger partial charge in [0.1, 0.15) is 11.9 Å². The van der Waals surface area contributed by atoms with E-state index < -0.39 is 0 Å². The molecule has 1 aliphatic heterocycles. The summed E-state index contributed by atoms with van der Waals surface area (Å²) in [7, 11) is 0. The van der Waals surface area contributed by atoms with Crippen LogP contribution >= 0.6 is 0 Å². The van der Waals surface area contributed by atoms with Gasteiger partial charge in [-0.05, 0) is 50.1 Å².